The Balaban J connectivity index is 1.47. The molecular formula is C35H70N4O3. The molecule has 0 aromatic rings. The van der Waals surface area contributed by atoms with Crippen molar-refractivity contribution in [3.8, 4) is 0 Å². The van der Waals surface area contributed by atoms with Crippen molar-refractivity contribution in [3.63, 3.8) is 0 Å². The van der Waals surface area contributed by atoms with Crippen molar-refractivity contribution in [1.29, 1.82) is 0 Å². The lowest BCUT2D eigenvalue weighted by atomic mass is 9.88. The minimum absolute atomic E-state index is 0.109. The van der Waals surface area contributed by atoms with Crippen LogP contribution in [0.25, 0.3) is 0 Å². The van der Waals surface area contributed by atoms with Crippen LogP contribution in [0.15, 0.2) is 0 Å². The maximum Gasteiger partial charge on any atom is 0.0593 e. The van der Waals surface area contributed by atoms with Gasteiger partial charge in [-0.05, 0) is 116 Å². The van der Waals surface area contributed by atoms with Crippen molar-refractivity contribution >= 4 is 0 Å². The monoisotopic (exact) mass is 595 g/mol. The largest absolute Gasteiger partial charge is 0.380 e. The lowest BCUT2D eigenvalue weighted by Crippen LogP contribution is -2.47. The Morgan fingerprint density at radius 3 is 1.21 bits per heavy atom. The quantitative estimate of drug-likeness (QED) is 0.251. The third kappa shape index (κ3) is 8.50. The summed E-state index contributed by atoms with van der Waals surface area (Å²) in [6, 6.07) is 0. The predicted octanol–water partition coefficient (Wildman–Crippen LogP) is 5.52. The van der Waals surface area contributed by atoms with E-state index >= 15 is 0 Å². The zero-order valence-electron chi connectivity index (χ0n) is 30.3. The number of rotatable bonds is 15. The van der Waals surface area contributed by atoms with Gasteiger partial charge in [0.1, 0.15) is 0 Å². The molecule has 42 heavy (non-hydrogen) atoms. The second-order valence-electron chi connectivity index (χ2n) is 17.6. The Hall–Kier alpha value is -0.280. The van der Waals surface area contributed by atoms with Crippen molar-refractivity contribution in [3.05, 3.63) is 0 Å². The molecule has 0 bridgehead atoms. The van der Waals surface area contributed by atoms with Gasteiger partial charge >= 0.3 is 0 Å². The minimum atomic E-state index is 0.109. The van der Waals surface area contributed by atoms with Crippen LogP contribution in [0.5, 0.6) is 0 Å². The van der Waals surface area contributed by atoms with Crippen LogP contribution in [0.2, 0.25) is 0 Å². The standard InChI is InChI=1S/C35H70N4O3/c1-30(2)21-27(33(7,8)36-30)24-40-18-15-39(16-19-41-25-28-22-31(3,4)37(13)34(28,9)10)17-20-42-26-29-23-32(5,6)38(14)35(29,11)12/h27-29,36H,15-26H2,1-14H3. The fraction of sp³-hybridized carbons (Fsp3) is 1.00. The number of hydrogen-bond donors (Lipinski definition) is 1. The Bertz CT molecular complexity index is 820. The lowest BCUT2D eigenvalue weighted by molar-refractivity contribution is 0.0141. The molecular weight excluding hydrogens is 524 g/mol. The van der Waals surface area contributed by atoms with E-state index in [4.69, 9.17) is 14.2 Å². The number of likely N-dealkylation sites (tertiary alicyclic amines) is 2. The van der Waals surface area contributed by atoms with Crippen LogP contribution in [0.4, 0.5) is 0 Å². The summed E-state index contributed by atoms with van der Waals surface area (Å²) >= 11 is 0. The van der Waals surface area contributed by atoms with Crippen molar-refractivity contribution in [1.82, 2.24) is 20.0 Å². The Morgan fingerprint density at radius 2 is 0.929 bits per heavy atom. The molecule has 0 radical (unpaired) electrons. The van der Waals surface area contributed by atoms with Gasteiger partial charge in [-0.3, -0.25) is 14.7 Å². The van der Waals surface area contributed by atoms with Crippen LogP contribution in [0.1, 0.15) is 102 Å². The summed E-state index contributed by atoms with van der Waals surface area (Å²) in [4.78, 5) is 7.54. The highest BCUT2D eigenvalue weighted by molar-refractivity contribution is 5.05. The van der Waals surface area contributed by atoms with Gasteiger partial charge in [0.05, 0.1) is 39.6 Å². The molecule has 0 aliphatic carbocycles. The van der Waals surface area contributed by atoms with Crippen molar-refractivity contribution in [2.75, 3.05) is 73.4 Å². The highest BCUT2D eigenvalue weighted by Gasteiger charge is 2.50. The maximum atomic E-state index is 6.35. The molecule has 0 aromatic carbocycles. The summed E-state index contributed by atoms with van der Waals surface area (Å²) in [5, 5.41) is 3.78. The van der Waals surface area contributed by atoms with Crippen LogP contribution in [0, 0.1) is 17.8 Å². The fourth-order valence-electron chi connectivity index (χ4n) is 8.37. The number of hydrogen-bond acceptors (Lipinski definition) is 7. The highest BCUT2D eigenvalue weighted by Crippen LogP contribution is 2.44. The molecule has 7 heteroatoms. The van der Waals surface area contributed by atoms with E-state index in [1.807, 2.05) is 0 Å². The molecule has 0 saturated carbocycles. The first kappa shape index (κ1) is 36.2. The summed E-state index contributed by atoms with van der Waals surface area (Å²) in [6.45, 7) is 35.5. The van der Waals surface area contributed by atoms with E-state index in [1.54, 1.807) is 0 Å². The predicted molar refractivity (Wildman–Crippen MR) is 176 cm³/mol. The molecule has 3 heterocycles. The molecule has 3 atom stereocenters. The van der Waals surface area contributed by atoms with Crippen LogP contribution in [0.3, 0.4) is 0 Å². The maximum absolute atomic E-state index is 6.35. The first-order chi connectivity index (χ1) is 19.1. The summed E-state index contributed by atoms with van der Waals surface area (Å²) in [6.07, 6.45) is 3.50. The molecule has 3 aliphatic heterocycles. The van der Waals surface area contributed by atoms with Gasteiger partial charge in [-0.25, -0.2) is 0 Å². The van der Waals surface area contributed by atoms with E-state index < -0.39 is 0 Å². The average Bonchev–Trinajstić information content (AvgIpc) is 3.24. The van der Waals surface area contributed by atoms with E-state index in [1.165, 1.54) is 12.8 Å². The third-order valence-corrected chi connectivity index (χ3v) is 12.1. The molecule has 3 saturated heterocycles. The van der Waals surface area contributed by atoms with Gasteiger partial charge in [0.2, 0.25) is 0 Å². The van der Waals surface area contributed by atoms with Gasteiger partial charge in [0.15, 0.2) is 0 Å². The van der Waals surface area contributed by atoms with E-state index in [-0.39, 0.29) is 33.2 Å². The minimum Gasteiger partial charge on any atom is -0.380 e. The summed E-state index contributed by atoms with van der Waals surface area (Å²) < 4.78 is 19.0. The van der Waals surface area contributed by atoms with Gasteiger partial charge in [-0.15, -0.1) is 0 Å². The molecule has 3 rings (SSSR count). The molecule has 248 valence electrons. The molecule has 0 aromatic heterocycles. The molecule has 1 N–H and O–H groups in total. The van der Waals surface area contributed by atoms with Crippen molar-refractivity contribution in [2.24, 2.45) is 17.8 Å². The molecule has 3 aliphatic rings. The smallest absolute Gasteiger partial charge is 0.0593 e. The first-order valence-corrected chi connectivity index (χ1v) is 16.8. The van der Waals surface area contributed by atoms with Crippen LogP contribution < -0.4 is 5.32 Å². The second kappa shape index (κ2) is 13.2. The topological polar surface area (TPSA) is 49.4 Å². The van der Waals surface area contributed by atoms with Crippen LogP contribution in [-0.4, -0.2) is 121 Å². The van der Waals surface area contributed by atoms with Crippen LogP contribution in [-0.2, 0) is 14.2 Å². The molecule has 0 amide bonds. The van der Waals surface area contributed by atoms with Crippen molar-refractivity contribution < 1.29 is 14.2 Å². The number of nitrogens with zero attached hydrogens (tertiary/aromatic N) is 3. The average molecular weight is 595 g/mol. The normalized spacial score (nSPS) is 31.4. The molecule has 7 nitrogen and oxygen atoms in total. The first-order valence-electron chi connectivity index (χ1n) is 16.8. The second-order valence-corrected chi connectivity index (χ2v) is 17.6. The Labute approximate surface area is 260 Å². The number of nitrogens with one attached hydrogen (secondary N) is 1. The van der Waals surface area contributed by atoms with Gasteiger partial charge in [-0.2, -0.15) is 0 Å². The number of ether oxygens (including phenoxy) is 3. The zero-order chi connectivity index (χ0) is 31.8. The van der Waals surface area contributed by atoms with E-state index in [2.05, 4.69) is 117 Å². The fourth-order valence-corrected chi connectivity index (χ4v) is 8.37. The van der Waals surface area contributed by atoms with Gasteiger partial charge < -0.3 is 19.5 Å². The van der Waals surface area contributed by atoms with Gasteiger partial charge in [0, 0.05) is 70.6 Å². The van der Waals surface area contributed by atoms with Crippen LogP contribution >= 0.6 is 0 Å². The van der Waals surface area contributed by atoms with E-state index in [0.29, 0.717) is 17.8 Å². The molecule has 3 unspecified atom stereocenters. The van der Waals surface area contributed by atoms with E-state index in [0.717, 1.165) is 65.7 Å². The molecule has 0 spiro atoms. The highest BCUT2D eigenvalue weighted by atomic mass is 16.5. The summed E-state index contributed by atoms with van der Waals surface area (Å²) in [5.41, 5.74) is 1.02. The summed E-state index contributed by atoms with van der Waals surface area (Å²) in [7, 11) is 4.52. The third-order valence-electron chi connectivity index (χ3n) is 12.1. The zero-order valence-corrected chi connectivity index (χ0v) is 30.3. The van der Waals surface area contributed by atoms with Gasteiger partial charge in [-0.1, -0.05) is 0 Å². The summed E-state index contributed by atoms with van der Waals surface area (Å²) in [5.74, 6) is 1.62. The SMILES string of the molecule is CN1C(C)(C)CC(COCCN(CCOCC2CC(C)(C)NC2(C)C)CCOCC2CC(C)(C)N(C)C2(C)C)C1(C)C. The lowest BCUT2D eigenvalue weighted by Gasteiger charge is -2.38. The Morgan fingerprint density at radius 1 is 0.571 bits per heavy atom. The van der Waals surface area contributed by atoms with Crippen molar-refractivity contribution in [2.45, 2.75) is 136 Å². The van der Waals surface area contributed by atoms with Gasteiger partial charge in [0.25, 0.3) is 0 Å². The Kier molecular flexibility index (Phi) is 11.4. The van der Waals surface area contributed by atoms with E-state index in [9.17, 15) is 0 Å². The molecule has 3 fully saturated rings.